The lowest BCUT2D eigenvalue weighted by Crippen LogP contribution is -2.41. The van der Waals surface area contributed by atoms with Gasteiger partial charge in [0.15, 0.2) is 11.5 Å². The molecule has 1 heterocycles. The van der Waals surface area contributed by atoms with Gasteiger partial charge in [0.25, 0.3) is 5.91 Å². The van der Waals surface area contributed by atoms with Crippen LogP contribution in [-0.4, -0.2) is 36.6 Å². The van der Waals surface area contributed by atoms with Gasteiger partial charge in [0.2, 0.25) is 0 Å². The second-order valence-corrected chi connectivity index (χ2v) is 7.93. The molecule has 1 amide bonds. The van der Waals surface area contributed by atoms with Crippen molar-refractivity contribution in [1.82, 2.24) is 4.90 Å². The van der Waals surface area contributed by atoms with E-state index in [1.807, 2.05) is 61.2 Å². The average molecular weight is 397 g/mol. The van der Waals surface area contributed by atoms with Crippen LogP contribution in [0.1, 0.15) is 56.0 Å². The third-order valence-corrected chi connectivity index (χ3v) is 5.28. The fourth-order valence-corrected chi connectivity index (χ4v) is 3.67. The van der Waals surface area contributed by atoms with E-state index in [2.05, 4.69) is 12.2 Å². The molecule has 0 radical (unpaired) electrons. The van der Waals surface area contributed by atoms with Gasteiger partial charge < -0.3 is 19.7 Å². The summed E-state index contributed by atoms with van der Waals surface area (Å²) in [4.78, 5) is 14.8. The molecule has 1 fully saturated rings. The topological polar surface area (TPSA) is 50.8 Å². The number of carbonyl (C=O) groups excluding carboxylic acids is 1. The van der Waals surface area contributed by atoms with Crippen LogP contribution in [0.3, 0.4) is 0 Å². The summed E-state index contributed by atoms with van der Waals surface area (Å²) in [6, 6.07) is 14.0. The molecule has 1 saturated heterocycles. The third-order valence-electron chi connectivity index (χ3n) is 5.28. The molecule has 1 N–H and O–H groups in total. The summed E-state index contributed by atoms with van der Waals surface area (Å²) < 4.78 is 11.2. The zero-order valence-electron chi connectivity index (χ0n) is 17.9. The number of carbonyl (C=O) groups is 1. The second-order valence-electron chi connectivity index (χ2n) is 7.93. The van der Waals surface area contributed by atoms with Crippen LogP contribution in [0.25, 0.3) is 0 Å². The van der Waals surface area contributed by atoms with E-state index in [1.54, 1.807) is 7.11 Å². The van der Waals surface area contributed by atoms with Gasteiger partial charge in [-0.15, -0.1) is 0 Å². The molecular weight excluding hydrogens is 364 g/mol. The Hall–Kier alpha value is -2.69. The second kappa shape index (κ2) is 9.68. The van der Waals surface area contributed by atoms with E-state index in [9.17, 15) is 4.79 Å². The Morgan fingerprint density at radius 1 is 1.14 bits per heavy atom. The van der Waals surface area contributed by atoms with Crippen LogP contribution in [0.4, 0.5) is 5.69 Å². The average Bonchev–Trinajstić information content (AvgIpc) is 2.73. The van der Waals surface area contributed by atoms with E-state index < -0.39 is 0 Å². The van der Waals surface area contributed by atoms with Gasteiger partial charge in [-0.3, -0.25) is 4.79 Å². The molecule has 5 nitrogen and oxygen atoms in total. The van der Waals surface area contributed by atoms with Crippen molar-refractivity contribution >= 4 is 11.6 Å². The lowest BCUT2D eigenvalue weighted by molar-refractivity contribution is 0.0635. The molecule has 1 unspecified atom stereocenters. The first-order valence-corrected chi connectivity index (χ1v) is 10.5. The molecule has 0 bridgehead atoms. The third kappa shape index (κ3) is 5.43. The predicted octanol–water partition coefficient (Wildman–Crippen LogP) is 5.11. The Morgan fingerprint density at radius 2 is 1.90 bits per heavy atom. The first kappa shape index (κ1) is 21.0. The summed E-state index contributed by atoms with van der Waals surface area (Å²) in [6.07, 6.45) is 3.50. The Labute approximate surface area is 174 Å². The van der Waals surface area contributed by atoms with E-state index in [1.165, 1.54) is 6.42 Å². The molecule has 1 aliphatic heterocycles. The minimum atomic E-state index is 0.0991. The predicted molar refractivity (Wildman–Crippen MR) is 117 cm³/mol. The standard InChI is InChI=1S/C24H32N2O3/c1-17(2)29-22-13-8-19(15-23(22)28-4)16-25-21-11-9-20(10-12-21)24(27)26-14-6-5-7-18(26)3/h8-13,15,17-18,25H,5-7,14,16H2,1-4H3. The Kier molecular flexibility index (Phi) is 7.02. The molecule has 1 atom stereocenters. The number of methoxy groups -OCH3 is 1. The molecular formula is C24H32N2O3. The SMILES string of the molecule is COc1cc(CNc2ccc(C(=O)N3CCCCC3C)cc2)ccc1OC(C)C. The maximum Gasteiger partial charge on any atom is 0.254 e. The number of ether oxygens (including phenoxy) is 2. The lowest BCUT2D eigenvalue weighted by atomic mass is 10.0. The molecule has 3 rings (SSSR count). The van der Waals surface area contributed by atoms with Crippen LogP contribution < -0.4 is 14.8 Å². The van der Waals surface area contributed by atoms with E-state index in [-0.39, 0.29) is 12.0 Å². The smallest absolute Gasteiger partial charge is 0.254 e. The van der Waals surface area contributed by atoms with E-state index in [4.69, 9.17) is 9.47 Å². The van der Waals surface area contributed by atoms with E-state index in [0.717, 1.165) is 47.7 Å². The number of anilines is 1. The minimum absolute atomic E-state index is 0.0991. The summed E-state index contributed by atoms with van der Waals surface area (Å²) in [7, 11) is 1.65. The maximum absolute atomic E-state index is 12.8. The number of rotatable bonds is 7. The Balaban J connectivity index is 1.61. The van der Waals surface area contributed by atoms with Gasteiger partial charge in [-0.2, -0.15) is 0 Å². The molecule has 1 aliphatic rings. The number of amides is 1. The number of nitrogens with zero attached hydrogens (tertiary/aromatic N) is 1. The normalized spacial score (nSPS) is 16.6. The molecule has 0 aromatic heterocycles. The number of hydrogen-bond acceptors (Lipinski definition) is 4. The van der Waals surface area contributed by atoms with E-state index >= 15 is 0 Å². The molecule has 29 heavy (non-hydrogen) atoms. The summed E-state index contributed by atoms with van der Waals surface area (Å²) in [5.74, 6) is 1.62. The highest BCUT2D eigenvalue weighted by Crippen LogP contribution is 2.29. The van der Waals surface area contributed by atoms with Gasteiger partial charge in [0, 0.05) is 30.4 Å². The van der Waals surface area contributed by atoms with Crippen LogP contribution in [0.5, 0.6) is 11.5 Å². The molecule has 0 saturated carbocycles. The van der Waals surface area contributed by atoms with Crippen LogP contribution in [-0.2, 0) is 6.54 Å². The largest absolute Gasteiger partial charge is 0.493 e. The lowest BCUT2D eigenvalue weighted by Gasteiger charge is -2.33. The number of nitrogens with one attached hydrogen (secondary N) is 1. The van der Waals surface area contributed by atoms with E-state index in [0.29, 0.717) is 12.6 Å². The zero-order valence-corrected chi connectivity index (χ0v) is 17.9. The summed E-state index contributed by atoms with van der Waals surface area (Å²) in [5, 5.41) is 3.41. The van der Waals surface area contributed by atoms with Gasteiger partial charge in [0.1, 0.15) is 0 Å². The van der Waals surface area contributed by atoms with Gasteiger partial charge >= 0.3 is 0 Å². The Bertz CT molecular complexity index is 817. The molecule has 0 spiro atoms. The van der Waals surface area contributed by atoms with Gasteiger partial charge in [-0.05, 0) is 82.0 Å². The maximum atomic E-state index is 12.8. The van der Waals surface area contributed by atoms with Gasteiger partial charge in [-0.1, -0.05) is 6.07 Å². The van der Waals surface area contributed by atoms with Crippen LogP contribution in [0.15, 0.2) is 42.5 Å². The fraction of sp³-hybridized carbons (Fsp3) is 0.458. The monoisotopic (exact) mass is 396 g/mol. The zero-order chi connectivity index (χ0) is 20.8. The first-order chi connectivity index (χ1) is 14.0. The molecule has 0 aliphatic carbocycles. The van der Waals surface area contributed by atoms with Crippen molar-refractivity contribution in [2.45, 2.75) is 58.7 Å². The summed E-state index contributed by atoms with van der Waals surface area (Å²) in [6.45, 7) is 7.65. The van der Waals surface area contributed by atoms with Crippen LogP contribution in [0, 0.1) is 0 Å². The number of likely N-dealkylation sites (tertiary alicyclic amines) is 1. The van der Waals surface area contributed by atoms with Crippen molar-refractivity contribution in [1.29, 1.82) is 0 Å². The van der Waals surface area contributed by atoms with Crippen molar-refractivity contribution in [2.75, 3.05) is 19.0 Å². The van der Waals surface area contributed by atoms with Crippen LogP contribution in [0.2, 0.25) is 0 Å². The minimum Gasteiger partial charge on any atom is -0.493 e. The summed E-state index contributed by atoms with van der Waals surface area (Å²) in [5.41, 5.74) is 2.83. The molecule has 156 valence electrons. The van der Waals surface area contributed by atoms with Crippen molar-refractivity contribution in [2.24, 2.45) is 0 Å². The van der Waals surface area contributed by atoms with Gasteiger partial charge in [-0.25, -0.2) is 0 Å². The quantitative estimate of drug-likeness (QED) is 0.707. The highest BCUT2D eigenvalue weighted by molar-refractivity contribution is 5.94. The summed E-state index contributed by atoms with van der Waals surface area (Å²) >= 11 is 0. The Morgan fingerprint density at radius 3 is 2.55 bits per heavy atom. The highest BCUT2D eigenvalue weighted by atomic mass is 16.5. The van der Waals surface area contributed by atoms with Gasteiger partial charge in [0.05, 0.1) is 13.2 Å². The molecule has 2 aromatic carbocycles. The first-order valence-electron chi connectivity index (χ1n) is 10.5. The van der Waals surface area contributed by atoms with Crippen molar-refractivity contribution < 1.29 is 14.3 Å². The molecule has 5 heteroatoms. The number of piperidine rings is 1. The number of benzene rings is 2. The highest BCUT2D eigenvalue weighted by Gasteiger charge is 2.23. The van der Waals surface area contributed by atoms with Crippen molar-refractivity contribution in [3.05, 3.63) is 53.6 Å². The van der Waals surface area contributed by atoms with Crippen molar-refractivity contribution in [3.8, 4) is 11.5 Å². The number of hydrogen-bond donors (Lipinski definition) is 1. The molecule has 2 aromatic rings. The fourth-order valence-electron chi connectivity index (χ4n) is 3.67. The van der Waals surface area contributed by atoms with Crippen LogP contribution >= 0.6 is 0 Å². The van der Waals surface area contributed by atoms with Crippen molar-refractivity contribution in [3.63, 3.8) is 0 Å².